The molecule has 0 aliphatic heterocycles. The Morgan fingerprint density at radius 2 is 0.329 bits per heavy atom. The number of rotatable bonds is 12. The third-order valence-corrected chi connectivity index (χ3v) is 24.8. The summed E-state index contributed by atoms with van der Waals surface area (Å²) in [7, 11) is -30.7. The molecule has 8 aromatic rings. The van der Waals surface area contributed by atoms with Crippen molar-refractivity contribution in [1.82, 2.24) is 0 Å². The fourth-order valence-corrected chi connectivity index (χ4v) is 19.4. The van der Waals surface area contributed by atoms with Crippen LogP contribution in [-0.4, -0.2) is 55.7 Å². The van der Waals surface area contributed by atoms with E-state index in [1.54, 1.807) is 0 Å². The van der Waals surface area contributed by atoms with Crippen LogP contribution in [0.15, 0.2) is 243 Å². The molecule has 0 radical (unpaired) electrons. The average molecular weight is 1330 g/mol. The summed E-state index contributed by atoms with van der Waals surface area (Å²) in [4.78, 5) is 0. The first kappa shape index (κ1) is 70.8. The monoisotopic (exact) mass is 1320 g/mol. The standard InChI is InChI=1S/2C24H20P.2C2F6NO4S2.BrH.Li/c2*1-5-13-21(14-6-1)25(22-15-7-2-8-16-22,23-17-9-3-10-18-23)24-19-11-4-12-20-24;2*3-1(4,5)14(10,11)9-15(12,13)2(6,7)8;;/h2*1-20H;;;1H;/q2*+1;2*-1;;+1/p-1. The van der Waals surface area contributed by atoms with Crippen LogP contribution in [0.4, 0.5) is 52.7 Å². The van der Waals surface area contributed by atoms with Crippen molar-refractivity contribution >= 4 is 97.1 Å². The zero-order valence-corrected chi connectivity index (χ0v) is 48.3. The van der Waals surface area contributed by atoms with Gasteiger partial charge in [0.25, 0.3) is 0 Å². The second-order valence-corrected chi connectivity index (χ2v) is 29.5. The van der Waals surface area contributed by atoms with Gasteiger partial charge in [0.05, 0.1) is 0 Å². The first-order valence-electron chi connectivity index (χ1n) is 22.2. The van der Waals surface area contributed by atoms with E-state index in [9.17, 15) is 86.4 Å². The van der Waals surface area contributed by atoms with E-state index < -0.39 is 76.7 Å². The van der Waals surface area contributed by atoms with E-state index in [1.807, 2.05) is 0 Å². The van der Waals surface area contributed by atoms with Gasteiger partial charge in [0.15, 0.2) is 40.1 Å². The van der Waals surface area contributed by atoms with Crippen LogP contribution in [0.1, 0.15) is 0 Å². The molecule has 0 N–H and O–H groups in total. The fourth-order valence-electron chi connectivity index (χ4n) is 7.43. The summed E-state index contributed by atoms with van der Waals surface area (Å²) in [5, 5.41) is 11.1. The van der Waals surface area contributed by atoms with Gasteiger partial charge in [0, 0.05) is 0 Å². The Labute approximate surface area is 488 Å². The van der Waals surface area contributed by atoms with Gasteiger partial charge in [-0.25, -0.2) is 33.7 Å². The molecule has 0 saturated heterocycles. The molecule has 0 unspecified atom stereocenters. The Hall–Kier alpha value is -5.42. The second kappa shape index (κ2) is 28.9. The molecule has 432 valence electrons. The Morgan fingerprint density at radius 1 is 0.232 bits per heavy atom. The molecule has 0 spiro atoms. The number of sulfonamides is 4. The minimum atomic E-state index is -6.72. The first-order chi connectivity index (χ1) is 37.3. The van der Waals surface area contributed by atoms with Crippen LogP contribution in [0.25, 0.3) is 8.25 Å². The smallest absolute Gasteiger partial charge is 1.00 e. The SMILES string of the molecule is O=S(=O)([N-]S(=O)(=O)C(F)(F)F)C(F)(F)F.O=S(=O)([N-]S(=O)(=O)C(F)(F)F)C(F)(F)F.[Br-].[Li+].c1ccc([P+](c2ccccc2)(c2ccccc2)c2ccccc2)cc1.c1ccc([P+](c2ccccc2)(c2ccccc2)c2ccccc2)cc1. The van der Waals surface area contributed by atoms with Crippen molar-refractivity contribution in [3.05, 3.63) is 251 Å². The summed E-state index contributed by atoms with van der Waals surface area (Å²) >= 11 is 0. The molecular weight excluding hydrogens is 1290 g/mol. The van der Waals surface area contributed by atoms with E-state index in [0.29, 0.717) is 0 Å². The number of hydrogen-bond acceptors (Lipinski definition) is 8. The van der Waals surface area contributed by atoms with E-state index in [2.05, 4.69) is 243 Å². The first-order valence-corrected chi connectivity index (χ1v) is 31.6. The van der Waals surface area contributed by atoms with Crippen molar-refractivity contribution in [1.29, 1.82) is 0 Å². The normalized spacial score (nSPS) is 12.4. The number of halogens is 13. The number of alkyl halides is 12. The van der Waals surface area contributed by atoms with Crippen molar-refractivity contribution in [2.45, 2.75) is 22.0 Å². The minimum Gasteiger partial charge on any atom is -1.00 e. The van der Waals surface area contributed by atoms with E-state index in [-0.39, 0.29) is 35.8 Å². The summed E-state index contributed by atoms with van der Waals surface area (Å²) in [6.45, 7) is 0. The van der Waals surface area contributed by atoms with Gasteiger partial charge >= 0.3 is 40.9 Å². The summed E-state index contributed by atoms with van der Waals surface area (Å²) in [5.41, 5.74) is -24.8. The maximum atomic E-state index is 11.4. The second-order valence-electron chi connectivity index (χ2n) is 15.9. The summed E-state index contributed by atoms with van der Waals surface area (Å²) < 4.78 is 218. The van der Waals surface area contributed by atoms with Gasteiger partial charge in [-0.3, -0.25) is 0 Å². The van der Waals surface area contributed by atoms with Crippen molar-refractivity contribution < 1.29 is 122 Å². The Kier molecular flexibility index (Phi) is 25.0. The molecular formula is C52H40BrF12LiN2O8P2S4. The Bertz CT molecular complexity index is 3060. The summed E-state index contributed by atoms with van der Waals surface area (Å²) in [6.07, 6.45) is 0. The van der Waals surface area contributed by atoms with Crippen molar-refractivity contribution in [2.75, 3.05) is 0 Å². The molecule has 0 heterocycles. The zero-order chi connectivity index (χ0) is 59.3. The molecule has 0 amide bonds. The van der Waals surface area contributed by atoms with Gasteiger partial charge in [-0.2, -0.15) is 52.7 Å². The van der Waals surface area contributed by atoms with Crippen LogP contribution >= 0.6 is 14.5 Å². The molecule has 8 aromatic carbocycles. The molecule has 0 fully saturated rings. The van der Waals surface area contributed by atoms with Crippen LogP contribution in [-0.2, 0) is 40.1 Å². The van der Waals surface area contributed by atoms with E-state index in [0.717, 1.165) is 8.25 Å². The van der Waals surface area contributed by atoms with Crippen LogP contribution < -0.4 is 78.3 Å². The molecule has 0 bridgehead atoms. The van der Waals surface area contributed by atoms with Crippen molar-refractivity contribution in [3.8, 4) is 0 Å². The van der Waals surface area contributed by atoms with Crippen LogP contribution in [0.2, 0.25) is 0 Å². The van der Waals surface area contributed by atoms with Gasteiger partial charge < -0.3 is 25.2 Å². The van der Waals surface area contributed by atoms with Gasteiger partial charge in [-0.15, -0.1) is 0 Å². The van der Waals surface area contributed by atoms with Crippen molar-refractivity contribution in [3.63, 3.8) is 0 Å². The fraction of sp³-hybridized carbons (Fsp3) is 0.0769. The largest absolute Gasteiger partial charge is 1.00 e. The number of hydrogen-bond donors (Lipinski definition) is 0. The number of benzene rings is 8. The van der Waals surface area contributed by atoms with Crippen molar-refractivity contribution in [2.24, 2.45) is 0 Å². The van der Waals surface area contributed by atoms with Gasteiger partial charge in [0.1, 0.15) is 57.0 Å². The predicted octanol–water partition coefficient (Wildman–Crippen LogP) is 4.74. The Balaban J connectivity index is 0.000000294. The maximum Gasteiger partial charge on any atom is 1.00 e. The minimum absolute atomic E-state index is 0. The van der Waals surface area contributed by atoms with Gasteiger partial charge in [-0.05, 0) is 97.1 Å². The predicted molar refractivity (Wildman–Crippen MR) is 289 cm³/mol. The third-order valence-electron chi connectivity index (χ3n) is 10.7. The van der Waals surface area contributed by atoms with Gasteiger partial charge in [0.2, 0.25) is 0 Å². The number of nitrogens with zero attached hydrogens (tertiary/aromatic N) is 2. The molecule has 0 saturated carbocycles. The summed E-state index contributed by atoms with van der Waals surface area (Å²) in [6, 6.07) is 87.7. The molecule has 30 heteroatoms. The van der Waals surface area contributed by atoms with Crippen LogP contribution in [0.3, 0.4) is 0 Å². The molecule has 0 atom stereocenters. The van der Waals surface area contributed by atoms with E-state index in [1.165, 1.54) is 42.4 Å². The molecule has 0 aromatic heterocycles. The molecule has 8 rings (SSSR count). The third kappa shape index (κ3) is 16.9. The molecule has 10 nitrogen and oxygen atoms in total. The quantitative estimate of drug-likeness (QED) is 0.0963. The zero-order valence-electron chi connectivity index (χ0n) is 41.7. The van der Waals surface area contributed by atoms with E-state index >= 15 is 0 Å². The molecule has 0 aliphatic rings. The summed E-state index contributed by atoms with van der Waals surface area (Å²) in [5.74, 6) is 0. The van der Waals surface area contributed by atoms with Gasteiger partial charge in [-0.1, -0.05) is 146 Å². The topological polar surface area (TPSA) is 165 Å². The van der Waals surface area contributed by atoms with Crippen LogP contribution in [0, 0.1) is 0 Å². The van der Waals surface area contributed by atoms with Crippen LogP contribution in [0.5, 0.6) is 0 Å². The average Bonchev–Trinajstić information content (AvgIpc) is 3.40. The molecule has 0 aliphatic carbocycles. The maximum absolute atomic E-state index is 11.4. The van der Waals surface area contributed by atoms with E-state index in [4.69, 9.17) is 0 Å². The Morgan fingerprint density at radius 3 is 0.415 bits per heavy atom. The molecule has 82 heavy (non-hydrogen) atoms.